The molecular formula is C13H18FNO3. The van der Waals surface area contributed by atoms with Crippen molar-refractivity contribution >= 4 is 5.97 Å². The van der Waals surface area contributed by atoms with Crippen molar-refractivity contribution in [1.29, 1.82) is 0 Å². The van der Waals surface area contributed by atoms with E-state index in [1.54, 1.807) is 20.8 Å². The Balaban J connectivity index is 2.87. The summed E-state index contributed by atoms with van der Waals surface area (Å²) in [6.07, 6.45) is 0. The fourth-order valence-electron chi connectivity index (χ4n) is 1.38. The van der Waals surface area contributed by atoms with Crippen molar-refractivity contribution in [2.24, 2.45) is 5.73 Å². The van der Waals surface area contributed by atoms with E-state index in [0.717, 1.165) is 0 Å². The number of esters is 1. The Morgan fingerprint density at radius 2 is 2.00 bits per heavy atom. The Morgan fingerprint density at radius 3 is 2.44 bits per heavy atom. The number of halogens is 1. The van der Waals surface area contributed by atoms with Gasteiger partial charge in [-0.15, -0.1) is 0 Å². The van der Waals surface area contributed by atoms with Crippen molar-refractivity contribution < 1.29 is 18.7 Å². The van der Waals surface area contributed by atoms with Gasteiger partial charge in [-0.05, 0) is 38.5 Å². The average molecular weight is 255 g/mol. The highest BCUT2D eigenvalue weighted by molar-refractivity contribution is 5.77. The summed E-state index contributed by atoms with van der Waals surface area (Å²) in [7, 11) is 1.37. The standard InChI is InChI=1S/C13H18FNO3/c1-13(2,3)18-12(16)11(15)8-5-6-10(17-4)9(14)7-8/h5-7,11H,15H2,1-4H3. The lowest BCUT2D eigenvalue weighted by atomic mass is 10.1. The van der Waals surface area contributed by atoms with Crippen LogP contribution < -0.4 is 10.5 Å². The molecular weight excluding hydrogens is 237 g/mol. The SMILES string of the molecule is COc1ccc(C(N)C(=O)OC(C)(C)C)cc1F. The topological polar surface area (TPSA) is 61.5 Å². The van der Waals surface area contributed by atoms with Crippen LogP contribution >= 0.6 is 0 Å². The molecule has 5 heteroatoms. The molecule has 0 saturated heterocycles. The second kappa shape index (κ2) is 5.35. The number of methoxy groups -OCH3 is 1. The van der Waals surface area contributed by atoms with E-state index < -0.39 is 23.4 Å². The van der Waals surface area contributed by atoms with Crippen LogP contribution in [0.15, 0.2) is 18.2 Å². The molecule has 1 rings (SSSR count). The van der Waals surface area contributed by atoms with Crippen molar-refractivity contribution in [2.45, 2.75) is 32.4 Å². The van der Waals surface area contributed by atoms with Crippen LogP contribution in [0.1, 0.15) is 32.4 Å². The maximum atomic E-state index is 13.5. The van der Waals surface area contributed by atoms with Gasteiger partial charge in [0, 0.05) is 0 Å². The van der Waals surface area contributed by atoms with Crippen molar-refractivity contribution in [3.8, 4) is 5.75 Å². The molecule has 0 spiro atoms. The van der Waals surface area contributed by atoms with Gasteiger partial charge >= 0.3 is 5.97 Å². The third-order valence-corrected chi connectivity index (χ3v) is 2.20. The molecule has 0 aliphatic carbocycles. The maximum absolute atomic E-state index is 13.5. The molecule has 0 heterocycles. The van der Waals surface area contributed by atoms with Gasteiger partial charge in [-0.3, -0.25) is 0 Å². The highest BCUT2D eigenvalue weighted by Gasteiger charge is 2.24. The summed E-state index contributed by atoms with van der Waals surface area (Å²) in [5.41, 5.74) is 5.45. The molecule has 0 radical (unpaired) electrons. The largest absolute Gasteiger partial charge is 0.494 e. The summed E-state index contributed by atoms with van der Waals surface area (Å²) in [6, 6.07) is 3.13. The molecule has 18 heavy (non-hydrogen) atoms. The lowest BCUT2D eigenvalue weighted by Gasteiger charge is -2.22. The Morgan fingerprint density at radius 1 is 1.39 bits per heavy atom. The van der Waals surface area contributed by atoms with Gasteiger partial charge in [-0.2, -0.15) is 0 Å². The predicted octanol–water partition coefficient (Wildman–Crippen LogP) is 2.18. The Bertz CT molecular complexity index is 440. The van der Waals surface area contributed by atoms with Gasteiger partial charge in [0.1, 0.15) is 11.6 Å². The first-order valence-corrected chi connectivity index (χ1v) is 5.56. The van der Waals surface area contributed by atoms with Gasteiger partial charge in [0.05, 0.1) is 7.11 Å². The molecule has 0 saturated carbocycles. The molecule has 0 amide bonds. The third-order valence-electron chi connectivity index (χ3n) is 2.20. The first kappa shape index (κ1) is 14.4. The number of benzene rings is 1. The highest BCUT2D eigenvalue weighted by atomic mass is 19.1. The second-order valence-corrected chi connectivity index (χ2v) is 4.91. The van der Waals surface area contributed by atoms with Crippen LogP contribution in [0, 0.1) is 5.82 Å². The summed E-state index contributed by atoms with van der Waals surface area (Å²) >= 11 is 0. The quantitative estimate of drug-likeness (QED) is 0.841. The van der Waals surface area contributed by atoms with E-state index in [1.807, 2.05) is 0 Å². The molecule has 0 aliphatic heterocycles. The van der Waals surface area contributed by atoms with E-state index >= 15 is 0 Å². The number of nitrogens with two attached hydrogens (primary N) is 1. The maximum Gasteiger partial charge on any atom is 0.328 e. The fraction of sp³-hybridized carbons (Fsp3) is 0.462. The number of carbonyl (C=O) groups excluding carboxylic acids is 1. The zero-order chi connectivity index (χ0) is 13.9. The first-order valence-electron chi connectivity index (χ1n) is 5.56. The van der Waals surface area contributed by atoms with E-state index in [-0.39, 0.29) is 5.75 Å². The van der Waals surface area contributed by atoms with Crippen LogP contribution in [0.4, 0.5) is 4.39 Å². The lowest BCUT2D eigenvalue weighted by molar-refractivity contribution is -0.156. The number of ether oxygens (including phenoxy) is 2. The monoisotopic (exact) mass is 255 g/mol. The number of rotatable bonds is 3. The number of carbonyl (C=O) groups is 1. The van der Waals surface area contributed by atoms with Crippen LogP contribution in [0.3, 0.4) is 0 Å². The van der Waals surface area contributed by atoms with Gasteiger partial charge < -0.3 is 15.2 Å². The predicted molar refractivity (Wildman–Crippen MR) is 65.7 cm³/mol. The zero-order valence-corrected chi connectivity index (χ0v) is 11.0. The van der Waals surface area contributed by atoms with Crippen LogP contribution in [0.25, 0.3) is 0 Å². The van der Waals surface area contributed by atoms with E-state index in [1.165, 1.54) is 25.3 Å². The van der Waals surface area contributed by atoms with Crippen LogP contribution in [0.2, 0.25) is 0 Å². The summed E-state index contributed by atoms with van der Waals surface area (Å²) in [6.45, 7) is 5.23. The fourth-order valence-corrected chi connectivity index (χ4v) is 1.38. The van der Waals surface area contributed by atoms with Crippen LogP contribution in [-0.2, 0) is 9.53 Å². The summed E-state index contributed by atoms with van der Waals surface area (Å²) < 4.78 is 23.4. The van der Waals surface area contributed by atoms with Crippen molar-refractivity contribution in [3.05, 3.63) is 29.6 Å². The van der Waals surface area contributed by atoms with Gasteiger partial charge in [0.25, 0.3) is 0 Å². The van der Waals surface area contributed by atoms with Crippen LogP contribution in [-0.4, -0.2) is 18.7 Å². The molecule has 0 fully saturated rings. The lowest BCUT2D eigenvalue weighted by Crippen LogP contribution is -2.31. The molecule has 0 bridgehead atoms. The van der Waals surface area contributed by atoms with E-state index in [0.29, 0.717) is 5.56 Å². The molecule has 0 aliphatic rings. The van der Waals surface area contributed by atoms with E-state index in [9.17, 15) is 9.18 Å². The molecule has 1 aromatic rings. The second-order valence-electron chi connectivity index (χ2n) is 4.91. The molecule has 1 unspecified atom stereocenters. The minimum Gasteiger partial charge on any atom is -0.494 e. The van der Waals surface area contributed by atoms with E-state index in [2.05, 4.69) is 0 Å². The first-order chi connectivity index (χ1) is 8.24. The molecule has 1 aromatic carbocycles. The normalized spacial score (nSPS) is 13.0. The summed E-state index contributed by atoms with van der Waals surface area (Å²) in [4.78, 5) is 11.7. The molecule has 2 N–H and O–H groups in total. The number of hydrogen-bond acceptors (Lipinski definition) is 4. The molecule has 1 atom stereocenters. The number of hydrogen-bond donors (Lipinski definition) is 1. The Hall–Kier alpha value is -1.62. The minimum atomic E-state index is -1.01. The minimum absolute atomic E-state index is 0.107. The van der Waals surface area contributed by atoms with E-state index in [4.69, 9.17) is 15.2 Å². The Kier molecular flexibility index (Phi) is 4.29. The molecule has 0 aromatic heterocycles. The van der Waals surface area contributed by atoms with Gasteiger partial charge in [-0.25, -0.2) is 9.18 Å². The Labute approximate surface area is 106 Å². The van der Waals surface area contributed by atoms with Crippen molar-refractivity contribution in [3.63, 3.8) is 0 Å². The van der Waals surface area contributed by atoms with Gasteiger partial charge in [-0.1, -0.05) is 6.07 Å². The average Bonchev–Trinajstić information content (AvgIpc) is 2.25. The van der Waals surface area contributed by atoms with Gasteiger partial charge in [0.15, 0.2) is 11.6 Å². The smallest absolute Gasteiger partial charge is 0.328 e. The summed E-state index contributed by atoms with van der Waals surface area (Å²) in [5.74, 6) is -1.05. The summed E-state index contributed by atoms with van der Waals surface area (Å²) in [5, 5.41) is 0. The third kappa shape index (κ3) is 3.70. The molecule has 100 valence electrons. The zero-order valence-electron chi connectivity index (χ0n) is 11.0. The molecule has 4 nitrogen and oxygen atoms in total. The highest BCUT2D eigenvalue weighted by Crippen LogP contribution is 2.22. The van der Waals surface area contributed by atoms with Crippen LogP contribution in [0.5, 0.6) is 5.75 Å². The van der Waals surface area contributed by atoms with Crippen molar-refractivity contribution in [2.75, 3.05) is 7.11 Å². The van der Waals surface area contributed by atoms with Gasteiger partial charge in [0.2, 0.25) is 0 Å². The van der Waals surface area contributed by atoms with Crippen molar-refractivity contribution in [1.82, 2.24) is 0 Å².